The van der Waals surface area contributed by atoms with Crippen molar-refractivity contribution in [3.05, 3.63) is 40.6 Å². The second kappa shape index (κ2) is 5.70. The third kappa shape index (κ3) is 3.29. The predicted octanol–water partition coefficient (Wildman–Crippen LogP) is 3.62. The minimum atomic E-state index is -2.44. The molecular weight excluding hydrogens is 364 g/mol. The third-order valence-corrected chi connectivity index (χ3v) is 3.92. The van der Waals surface area contributed by atoms with E-state index in [4.69, 9.17) is 23.2 Å². The molecule has 0 radical (unpaired) electrons. The van der Waals surface area contributed by atoms with E-state index in [9.17, 15) is 8.60 Å². The summed E-state index contributed by atoms with van der Waals surface area (Å²) in [4.78, 5) is 12.0. The number of hydrogen-bond acceptors (Lipinski definition) is 5. The summed E-state index contributed by atoms with van der Waals surface area (Å²) in [6, 6.07) is 3.11. The summed E-state index contributed by atoms with van der Waals surface area (Å²) < 4.78 is 31.3. The molecule has 0 bridgehead atoms. The summed E-state index contributed by atoms with van der Waals surface area (Å²) in [5, 5.41) is 0.440. The highest BCUT2D eigenvalue weighted by molar-refractivity contribution is 7.92. The molecule has 3 aromatic heterocycles. The molecule has 0 saturated heterocycles. The summed E-state index contributed by atoms with van der Waals surface area (Å²) in [6.07, 6.45) is 5.44. The Morgan fingerprint density at radius 3 is 2.70 bits per heavy atom. The zero-order valence-electron chi connectivity index (χ0n) is 12.0. The van der Waals surface area contributed by atoms with Crippen LogP contribution in [0.3, 0.4) is 0 Å². The van der Waals surface area contributed by atoms with Crippen LogP contribution in [0.4, 0.5) is 10.2 Å². The van der Waals surface area contributed by atoms with Crippen LogP contribution >= 0.6 is 23.2 Å². The average molecular weight is 374 g/mol. The van der Waals surface area contributed by atoms with Gasteiger partial charge in [-0.15, -0.1) is 0 Å². The Balaban J connectivity index is 2.26. The molecule has 23 heavy (non-hydrogen) atoms. The Labute approximate surface area is 141 Å². The van der Waals surface area contributed by atoms with Crippen LogP contribution in [0.15, 0.2) is 28.9 Å². The molecule has 0 spiro atoms. The van der Waals surface area contributed by atoms with E-state index in [0.29, 0.717) is 5.82 Å². The lowest BCUT2D eigenvalue weighted by atomic mass is 10.4. The SMILES string of the molecule is CS(C)(=O)=Nc1nc(-n2cc(F)c3cnc(Cl)nc32)ccc1Cl. The Morgan fingerprint density at radius 1 is 1.26 bits per heavy atom. The van der Waals surface area contributed by atoms with Gasteiger partial charge < -0.3 is 0 Å². The van der Waals surface area contributed by atoms with Crippen molar-refractivity contribution in [1.29, 1.82) is 0 Å². The van der Waals surface area contributed by atoms with Crippen molar-refractivity contribution < 1.29 is 8.60 Å². The van der Waals surface area contributed by atoms with Gasteiger partial charge in [-0.25, -0.2) is 18.6 Å². The summed E-state index contributed by atoms with van der Waals surface area (Å²) in [5.74, 6) is -0.0799. The molecule has 0 atom stereocenters. The number of fused-ring (bicyclic) bond motifs is 1. The first-order valence-electron chi connectivity index (χ1n) is 6.28. The van der Waals surface area contributed by atoms with Crippen molar-refractivity contribution in [1.82, 2.24) is 19.5 Å². The molecule has 10 heteroatoms. The van der Waals surface area contributed by atoms with Crippen LogP contribution in [-0.4, -0.2) is 36.2 Å². The van der Waals surface area contributed by atoms with Crippen LogP contribution in [0.1, 0.15) is 0 Å². The summed E-state index contributed by atoms with van der Waals surface area (Å²) in [5.41, 5.74) is 0.261. The van der Waals surface area contributed by atoms with E-state index < -0.39 is 15.5 Å². The molecule has 0 saturated carbocycles. The standard InChI is InChI=1S/C13H10Cl2FN5OS/c1-23(2,22)20-11-8(14)3-4-10(18-11)21-6-9(16)7-5-17-13(15)19-12(7)21/h3-6H,1-2H3. The zero-order chi connectivity index (χ0) is 16.8. The van der Waals surface area contributed by atoms with Crippen molar-refractivity contribution >= 4 is 49.8 Å². The maximum Gasteiger partial charge on any atom is 0.224 e. The Morgan fingerprint density at radius 2 is 2.00 bits per heavy atom. The van der Waals surface area contributed by atoms with Gasteiger partial charge in [0.1, 0.15) is 5.82 Å². The first-order chi connectivity index (χ1) is 10.7. The molecule has 0 aliphatic carbocycles. The van der Waals surface area contributed by atoms with E-state index in [-0.39, 0.29) is 27.2 Å². The fourth-order valence-corrected chi connectivity index (χ4v) is 2.83. The van der Waals surface area contributed by atoms with Gasteiger partial charge in [0, 0.05) is 34.6 Å². The van der Waals surface area contributed by atoms with Crippen molar-refractivity contribution in [3.63, 3.8) is 0 Å². The first-order valence-corrected chi connectivity index (χ1v) is 9.36. The molecule has 0 fully saturated rings. The molecule has 0 aliphatic heterocycles. The zero-order valence-corrected chi connectivity index (χ0v) is 14.3. The van der Waals surface area contributed by atoms with Gasteiger partial charge in [0.2, 0.25) is 5.28 Å². The number of hydrogen-bond donors (Lipinski definition) is 0. The molecule has 0 amide bonds. The summed E-state index contributed by atoms with van der Waals surface area (Å²) in [7, 11) is -2.44. The second-order valence-electron chi connectivity index (χ2n) is 4.97. The normalized spacial score (nSPS) is 11.9. The smallest absolute Gasteiger partial charge is 0.224 e. The molecule has 6 nitrogen and oxygen atoms in total. The Bertz CT molecular complexity index is 1030. The number of nitrogens with zero attached hydrogens (tertiary/aromatic N) is 5. The highest BCUT2D eigenvalue weighted by Crippen LogP contribution is 2.27. The molecule has 3 heterocycles. The lowest BCUT2D eigenvalue weighted by Crippen LogP contribution is -1.99. The highest BCUT2D eigenvalue weighted by atomic mass is 35.5. The molecule has 120 valence electrons. The number of pyridine rings is 1. The number of halogens is 3. The van der Waals surface area contributed by atoms with Crippen LogP contribution in [0.25, 0.3) is 16.9 Å². The highest BCUT2D eigenvalue weighted by Gasteiger charge is 2.14. The van der Waals surface area contributed by atoms with Crippen LogP contribution in [0.2, 0.25) is 10.3 Å². The fraction of sp³-hybridized carbons (Fsp3) is 0.154. The van der Waals surface area contributed by atoms with Crippen molar-refractivity contribution in [3.8, 4) is 5.82 Å². The first kappa shape index (κ1) is 16.1. The van der Waals surface area contributed by atoms with Gasteiger partial charge in [-0.1, -0.05) is 11.6 Å². The van der Waals surface area contributed by atoms with Gasteiger partial charge in [0.15, 0.2) is 17.3 Å². The minimum Gasteiger partial charge on any atom is -0.282 e. The number of rotatable bonds is 2. The van der Waals surface area contributed by atoms with Gasteiger partial charge in [-0.3, -0.25) is 4.57 Å². The Kier molecular flexibility index (Phi) is 3.99. The van der Waals surface area contributed by atoms with Crippen molar-refractivity contribution in [2.24, 2.45) is 4.36 Å². The maximum absolute atomic E-state index is 14.0. The average Bonchev–Trinajstić information content (AvgIpc) is 2.76. The van der Waals surface area contributed by atoms with E-state index >= 15 is 0 Å². The predicted molar refractivity (Wildman–Crippen MR) is 88.7 cm³/mol. The van der Waals surface area contributed by atoms with Crippen molar-refractivity contribution in [2.45, 2.75) is 0 Å². The lowest BCUT2D eigenvalue weighted by Gasteiger charge is -2.06. The van der Waals surface area contributed by atoms with Gasteiger partial charge in [0.05, 0.1) is 10.4 Å². The molecule has 0 aromatic carbocycles. The maximum atomic E-state index is 14.0. The molecule has 3 rings (SSSR count). The topological polar surface area (TPSA) is 73.0 Å². The van der Waals surface area contributed by atoms with Gasteiger partial charge >= 0.3 is 0 Å². The third-order valence-electron chi connectivity index (χ3n) is 2.83. The lowest BCUT2D eigenvalue weighted by molar-refractivity contribution is 0.635. The van der Waals surface area contributed by atoms with E-state index in [2.05, 4.69) is 19.3 Å². The molecule has 3 aromatic rings. The van der Waals surface area contributed by atoms with E-state index in [0.717, 1.165) is 0 Å². The van der Waals surface area contributed by atoms with Crippen LogP contribution in [0, 0.1) is 5.82 Å². The monoisotopic (exact) mass is 373 g/mol. The largest absolute Gasteiger partial charge is 0.282 e. The minimum absolute atomic E-state index is 0.0131. The number of aromatic nitrogens is 4. The van der Waals surface area contributed by atoms with Gasteiger partial charge in [-0.05, 0) is 23.7 Å². The van der Waals surface area contributed by atoms with E-state index in [1.54, 1.807) is 12.1 Å². The quantitative estimate of drug-likeness (QED) is 0.643. The molecular formula is C13H10Cl2FN5OS. The molecule has 0 N–H and O–H groups in total. The van der Waals surface area contributed by atoms with Crippen LogP contribution < -0.4 is 0 Å². The Hall–Kier alpha value is -1.77. The summed E-state index contributed by atoms with van der Waals surface area (Å²) >= 11 is 11.8. The molecule has 0 aliphatic rings. The van der Waals surface area contributed by atoms with E-state index in [1.165, 1.54) is 29.5 Å². The van der Waals surface area contributed by atoms with Gasteiger partial charge in [0.25, 0.3) is 0 Å². The second-order valence-corrected chi connectivity index (χ2v) is 8.26. The molecule has 0 unspecified atom stereocenters. The van der Waals surface area contributed by atoms with Crippen molar-refractivity contribution in [2.75, 3.05) is 12.5 Å². The summed E-state index contributed by atoms with van der Waals surface area (Å²) in [6.45, 7) is 0. The van der Waals surface area contributed by atoms with Crippen LogP contribution in [0.5, 0.6) is 0 Å². The fourth-order valence-electron chi connectivity index (χ4n) is 1.95. The van der Waals surface area contributed by atoms with E-state index in [1.807, 2.05) is 0 Å². The van der Waals surface area contributed by atoms with Crippen LogP contribution in [-0.2, 0) is 9.73 Å². The van der Waals surface area contributed by atoms with Gasteiger partial charge in [-0.2, -0.15) is 9.35 Å².